The minimum absolute atomic E-state index is 0.475. The summed E-state index contributed by atoms with van der Waals surface area (Å²) in [6.07, 6.45) is 4.09. The SMILES string of the molecule is C=NS/C=C(\N)c1ccc(CNc2cc(C3CCNCC3)nc3c([B]C)cnn23)cc1. The molecule has 0 atom stereocenters. The smallest absolute Gasteiger partial charge is 0.155 e. The van der Waals surface area contributed by atoms with E-state index in [0.717, 1.165) is 59.7 Å². The Bertz CT molecular complexity index is 1070. The number of piperidine rings is 1. The molecule has 0 bridgehead atoms. The molecule has 0 unspecified atom stereocenters. The van der Waals surface area contributed by atoms with Crippen LogP contribution in [0.3, 0.4) is 0 Å². The summed E-state index contributed by atoms with van der Waals surface area (Å²) in [6, 6.07) is 10.4. The van der Waals surface area contributed by atoms with Crippen LogP contribution in [0.2, 0.25) is 6.82 Å². The lowest BCUT2D eigenvalue weighted by molar-refractivity contribution is 0.453. The molecular weight excluding hydrogens is 405 g/mol. The second kappa shape index (κ2) is 10.0. The summed E-state index contributed by atoms with van der Waals surface area (Å²) >= 11 is 1.23. The molecular formula is C22H27BN7S. The molecule has 1 radical (unpaired) electrons. The van der Waals surface area contributed by atoms with E-state index >= 15 is 0 Å². The minimum atomic E-state index is 0.475. The predicted molar refractivity (Wildman–Crippen MR) is 132 cm³/mol. The van der Waals surface area contributed by atoms with Gasteiger partial charge in [-0.05, 0) is 49.2 Å². The van der Waals surface area contributed by atoms with Gasteiger partial charge in [0, 0.05) is 53.5 Å². The van der Waals surface area contributed by atoms with Crippen LogP contribution >= 0.6 is 11.9 Å². The Morgan fingerprint density at radius 1 is 1.39 bits per heavy atom. The maximum absolute atomic E-state index is 6.07. The van der Waals surface area contributed by atoms with Gasteiger partial charge in [-0.15, -0.1) is 0 Å². The Labute approximate surface area is 188 Å². The first-order chi connectivity index (χ1) is 15.2. The summed E-state index contributed by atoms with van der Waals surface area (Å²) in [6.45, 7) is 8.23. The van der Waals surface area contributed by atoms with E-state index in [-0.39, 0.29) is 0 Å². The van der Waals surface area contributed by atoms with Gasteiger partial charge in [0.15, 0.2) is 12.9 Å². The second-order valence-corrected chi connectivity index (χ2v) is 8.28. The highest BCUT2D eigenvalue weighted by molar-refractivity contribution is 8.01. The Balaban J connectivity index is 1.56. The van der Waals surface area contributed by atoms with Gasteiger partial charge in [0.25, 0.3) is 0 Å². The van der Waals surface area contributed by atoms with Gasteiger partial charge >= 0.3 is 0 Å². The van der Waals surface area contributed by atoms with E-state index in [0.29, 0.717) is 18.2 Å². The molecule has 1 aliphatic heterocycles. The van der Waals surface area contributed by atoms with Crippen molar-refractivity contribution in [3.05, 3.63) is 58.8 Å². The molecule has 0 amide bonds. The Hall–Kier alpha value is -2.78. The number of hydrogen-bond donors (Lipinski definition) is 3. The van der Waals surface area contributed by atoms with Gasteiger partial charge < -0.3 is 16.4 Å². The first-order valence-corrected chi connectivity index (χ1v) is 11.3. The Kier molecular flexibility index (Phi) is 6.94. The van der Waals surface area contributed by atoms with Crippen LogP contribution in [0.4, 0.5) is 5.82 Å². The summed E-state index contributed by atoms with van der Waals surface area (Å²) in [5, 5.41) is 13.3. The molecule has 4 N–H and O–H groups in total. The van der Waals surface area contributed by atoms with Crippen molar-refractivity contribution in [2.45, 2.75) is 32.1 Å². The maximum atomic E-state index is 6.07. The molecule has 4 rings (SSSR count). The summed E-state index contributed by atoms with van der Waals surface area (Å²) in [5.74, 6) is 1.44. The van der Waals surface area contributed by atoms with Crippen LogP contribution in [0.15, 0.2) is 46.3 Å². The first kappa shape index (κ1) is 21.5. The van der Waals surface area contributed by atoms with Crippen molar-refractivity contribution >= 4 is 48.6 Å². The standard InChI is InChI=1S/C22H27BN7S/c1-23-18-13-28-30-21(11-20(29-22(18)30)17-7-9-26-10-8-17)27-12-15-3-5-16(6-4-15)19(24)14-31-25-2/h3-6,11,13-14,17,26-27H,2,7-10,12,24H2,1H3/b19-14-. The third-order valence-electron chi connectivity index (χ3n) is 5.60. The highest BCUT2D eigenvalue weighted by Crippen LogP contribution is 2.26. The molecule has 159 valence electrons. The van der Waals surface area contributed by atoms with E-state index in [9.17, 15) is 0 Å². The number of nitrogens with one attached hydrogen (secondary N) is 2. The number of nitrogens with zero attached hydrogens (tertiary/aromatic N) is 4. The summed E-state index contributed by atoms with van der Waals surface area (Å²) in [4.78, 5) is 4.97. The van der Waals surface area contributed by atoms with Crippen molar-refractivity contribution in [3.8, 4) is 0 Å². The number of rotatable bonds is 8. The third kappa shape index (κ3) is 4.94. The highest BCUT2D eigenvalue weighted by atomic mass is 32.2. The zero-order valence-corrected chi connectivity index (χ0v) is 18.5. The monoisotopic (exact) mass is 432 g/mol. The summed E-state index contributed by atoms with van der Waals surface area (Å²) in [7, 11) is 2.06. The molecule has 0 aliphatic carbocycles. The maximum Gasteiger partial charge on any atom is 0.155 e. The lowest BCUT2D eigenvalue weighted by Gasteiger charge is -2.23. The molecule has 7 nitrogen and oxygen atoms in total. The van der Waals surface area contributed by atoms with Crippen molar-refractivity contribution in [3.63, 3.8) is 0 Å². The minimum Gasteiger partial charge on any atom is -0.398 e. The van der Waals surface area contributed by atoms with Crippen LogP contribution in [-0.4, -0.2) is 41.7 Å². The van der Waals surface area contributed by atoms with Crippen molar-refractivity contribution in [2.75, 3.05) is 18.4 Å². The summed E-state index contributed by atoms with van der Waals surface area (Å²) in [5.41, 5.74) is 12.0. The van der Waals surface area contributed by atoms with E-state index in [1.54, 1.807) is 5.41 Å². The average molecular weight is 432 g/mol. The van der Waals surface area contributed by atoms with Crippen LogP contribution in [0, 0.1) is 0 Å². The number of anilines is 1. The van der Waals surface area contributed by atoms with Gasteiger partial charge in [-0.3, -0.25) is 0 Å². The predicted octanol–water partition coefficient (Wildman–Crippen LogP) is 2.79. The van der Waals surface area contributed by atoms with Gasteiger partial charge in [0.2, 0.25) is 0 Å². The van der Waals surface area contributed by atoms with Gasteiger partial charge in [0.1, 0.15) is 5.82 Å². The fraction of sp³-hybridized carbons (Fsp3) is 0.318. The van der Waals surface area contributed by atoms with E-state index in [2.05, 4.69) is 52.3 Å². The van der Waals surface area contributed by atoms with Crippen LogP contribution < -0.4 is 21.8 Å². The number of nitrogens with two attached hydrogens (primary N) is 1. The molecule has 9 heteroatoms. The van der Waals surface area contributed by atoms with Crippen LogP contribution in [0.25, 0.3) is 11.3 Å². The van der Waals surface area contributed by atoms with Gasteiger partial charge in [-0.25, -0.2) is 9.38 Å². The normalized spacial score (nSPS) is 15.2. The molecule has 0 spiro atoms. The fourth-order valence-corrected chi connectivity index (χ4v) is 4.15. The van der Waals surface area contributed by atoms with E-state index in [1.165, 1.54) is 11.9 Å². The lowest BCUT2D eigenvalue weighted by atomic mass is 9.75. The van der Waals surface area contributed by atoms with Crippen molar-refractivity contribution in [2.24, 2.45) is 10.1 Å². The molecule has 3 heterocycles. The molecule has 1 fully saturated rings. The molecule has 1 saturated heterocycles. The first-order valence-electron chi connectivity index (χ1n) is 10.5. The second-order valence-electron chi connectivity index (χ2n) is 7.57. The van der Waals surface area contributed by atoms with Crippen molar-refractivity contribution in [1.82, 2.24) is 19.9 Å². The molecule has 3 aromatic rings. The number of hydrogen-bond acceptors (Lipinski definition) is 7. The molecule has 1 aromatic carbocycles. The lowest BCUT2D eigenvalue weighted by Crippen LogP contribution is -2.27. The Morgan fingerprint density at radius 2 is 2.16 bits per heavy atom. The average Bonchev–Trinajstić information content (AvgIpc) is 3.25. The van der Waals surface area contributed by atoms with E-state index < -0.39 is 0 Å². The molecule has 2 aromatic heterocycles. The fourth-order valence-electron chi connectivity index (χ4n) is 3.82. The largest absolute Gasteiger partial charge is 0.398 e. The molecule has 31 heavy (non-hydrogen) atoms. The van der Waals surface area contributed by atoms with E-state index in [1.807, 2.05) is 29.7 Å². The highest BCUT2D eigenvalue weighted by Gasteiger charge is 2.20. The van der Waals surface area contributed by atoms with Gasteiger partial charge in [-0.2, -0.15) is 9.61 Å². The number of aromatic nitrogens is 3. The van der Waals surface area contributed by atoms with Gasteiger partial charge in [0.05, 0.1) is 0 Å². The summed E-state index contributed by atoms with van der Waals surface area (Å²) < 4.78 is 5.63. The number of fused-ring (bicyclic) bond motifs is 1. The zero-order chi connectivity index (χ0) is 21.6. The topological polar surface area (TPSA) is 92.6 Å². The van der Waals surface area contributed by atoms with Crippen LogP contribution in [-0.2, 0) is 6.54 Å². The third-order valence-corrected chi connectivity index (χ3v) is 6.11. The van der Waals surface area contributed by atoms with E-state index in [4.69, 9.17) is 10.7 Å². The van der Waals surface area contributed by atoms with Crippen LogP contribution in [0.1, 0.15) is 35.6 Å². The zero-order valence-electron chi connectivity index (χ0n) is 17.7. The Morgan fingerprint density at radius 3 is 2.87 bits per heavy atom. The van der Waals surface area contributed by atoms with Gasteiger partial charge in [-0.1, -0.05) is 31.1 Å². The number of benzene rings is 1. The van der Waals surface area contributed by atoms with Crippen molar-refractivity contribution < 1.29 is 0 Å². The molecule has 1 aliphatic rings. The molecule has 0 saturated carbocycles. The quantitative estimate of drug-likeness (QED) is 0.288. The van der Waals surface area contributed by atoms with Crippen molar-refractivity contribution in [1.29, 1.82) is 0 Å². The van der Waals surface area contributed by atoms with Crippen LogP contribution in [0.5, 0.6) is 0 Å².